The molecule has 2 heteroatoms. The first-order chi connectivity index (χ1) is 5.41. The van der Waals surface area contributed by atoms with Crippen molar-refractivity contribution in [1.82, 2.24) is 0 Å². The van der Waals surface area contributed by atoms with Gasteiger partial charge < -0.3 is 4.42 Å². The highest BCUT2D eigenvalue weighted by atomic mass is 32.2. The van der Waals surface area contributed by atoms with E-state index in [0.717, 1.165) is 5.09 Å². The van der Waals surface area contributed by atoms with Gasteiger partial charge in [-0.1, -0.05) is 20.8 Å². The number of hydrogen-bond acceptors (Lipinski definition) is 1. The SMILES string of the molecule is C[SH](C)c1cc(C(C)(C)C)co1. The second-order valence-corrected chi connectivity index (χ2v) is 6.55. The zero-order valence-corrected chi connectivity index (χ0v) is 9.40. The molecular formula is C10H18OS. The lowest BCUT2D eigenvalue weighted by Gasteiger charge is -2.14. The molecule has 1 rings (SSSR count). The molecule has 0 N–H and O–H groups in total. The summed E-state index contributed by atoms with van der Waals surface area (Å²) in [6.07, 6.45) is 6.30. The van der Waals surface area contributed by atoms with Crippen molar-refractivity contribution in [1.29, 1.82) is 0 Å². The maximum atomic E-state index is 5.48. The van der Waals surface area contributed by atoms with Crippen molar-refractivity contribution in [2.75, 3.05) is 12.5 Å². The fourth-order valence-corrected chi connectivity index (χ4v) is 1.61. The molecule has 1 nitrogen and oxygen atoms in total. The molecule has 0 unspecified atom stereocenters. The van der Waals surface area contributed by atoms with Crippen molar-refractivity contribution in [2.45, 2.75) is 31.3 Å². The van der Waals surface area contributed by atoms with E-state index >= 15 is 0 Å². The molecule has 12 heavy (non-hydrogen) atoms. The van der Waals surface area contributed by atoms with E-state index in [4.69, 9.17) is 4.42 Å². The van der Waals surface area contributed by atoms with Crippen molar-refractivity contribution < 1.29 is 4.42 Å². The van der Waals surface area contributed by atoms with Crippen LogP contribution in [0.2, 0.25) is 0 Å². The molecule has 1 aromatic rings. The maximum absolute atomic E-state index is 5.48. The molecule has 0 amide bonds. The van der Waals surface area contributed by atoms with Crippen LogP contribution in [0.25, 0.3) is 0 Å². The van der Waals surface area contributed by atoms with Crippen LogP contribution in [0.3, 0.4) is 0 Å². The van der Waals surface area contributed by atoms with E-state index in [1.54, 1.807) is 0 Å². The predicted molar refractivity (Wildman–Crippen MR) is 56.5 cm³/mol. The molecule has 70 valence electrons. The number of thiol groups is 1. The van der Waals surface area contributed by atoms with Gasteiger partial charge in [-0.3, -0.25) is 0 Å². The molecule has 1 aromatic heterocycles. The van der Waals surface area contributed by atoms with Gasteiger partial charge in [0.15, 0.2) is 0 Å². The van der Waals surface area contributed by atoms with Gasteiger partial charge in [-0.05, 0) is 29.6 Å². The summed E-state index contributed by atoms with van der Waals surface area (Å²) in [5.74, 6) is 0. The zero-order valence-electron chi connectivity index (χ0n) is 8.51. The van der Waals surface area contributed by atoms with Gasteiger partial charge in [0, 0.05) is 0 Å². The number of rotatable bonds is 1. The van der Waals surface area contributed by atoms with Gasteiger partial charge in [0.2, 0.25) is 0 Å². The van der Waals surface area contributed by atoms with E-state index in [1.807, 2.05) is 6.26 Å². The predicted octanol–water partition coefficient (Wildman–Crippen LogP) is 3.20. The maximum Gasteiger partial charge on any atom is 0.140 e. The average Bonchev–Trinajstić information content (AvgIpc) is 2.30. The van der Waals surface area contributed by atoms with Gasteiger partial charge in [0.1, 0.15) is 5.09 Å². The molecule has 0 saturated heterocycles. The van der Waals surface area contributed by atoms with Crippen LogP contribution in [0.4, 0.5) is 0 Å². The van der Waals surface area contributed by atoms with Gasteiger partial charge in [-0.25, -0.2) is 10.9 Å². The van der Waals surface area contributed by atoms with Crippen molar-refractivity contribution in [3.8, 4) is 0 Å². The van der Waals surface area contributed by atoms with E-state index in [-0.39, 0.29) is 16.3 Å². The Labute approximate surface area is 77.5 Å². The summed E-state index contributed by atoms with van der Waals surface area (Å²) in [4.78, 5) is 0. The summed E-state index contributed by atoms with van der Waals surface area (Å²) in [6, 6.07) is 2.19. The van der Waals surface area contributed by atoms with Crippen molar-refractivity contribution in [2.24, 2.45) is 0 Å². The molecule has 0 aliphatic heterocycles. The highest BCUT2D eigenvalue weighted by Crippen LogP contribution is 2.33. The number of hydrogen-bond donors (Lipinski definition) is 1. The summed E-state index contributed by atoms with van der Waals surface area (Å²) in [6.45, 7) is 6.61. The van der Waals surface area contributed by atoms with Crippen LogP contribution in [0, 0.1) is 0 Å². The normalized spacial score (nSPS) is 13.2. The minimum absolute atomic E-state index is 0.0886. The Morgan fingerprint density at radius 1 is 1.25 bits per heavy atom. The average molecular weight is 186 g/mol. The van der Waals surface area contributed by atoms with E-state index in [1.165, 1.54) is 5.56 Å². The van der Waals surface area contributed by atoms with E-state index in [9.17, 15) is 0 Å². The Morgan fingerprint density at radius 3 is 2.08 bits per heavy atom. The Morgan fingerprint density at radius 2 is 1.83 bits per heavy atom. The summed E-state index contributed by atoms with van der Waals surface area (Å²) >= 11 is 0. The van der Waals surface area contributed by atoms with Crippen molar-refractivity contribution >= 4 is 10.9 Å². The highest BCUT2D eigenvalue weighted by molar-refractivity contribution is 8.15. The Hall–Kier alpha value is -0.370. The standard InChI is InChI=1S/C10H18OS/c1-10(2,3)8-6-9(11-7-8)12(4)5/h6-7,12H,1-5H3. The lowest BCUT2D eigenvalue weighted by atomic mass is 9.89. The van der Waals surface area contributed by atoms with Crippen molar-refractivity contribution in [3.63, 3.8) is 0 Å². The molecule has 0 bridgehead atoms. The Balaban J connectivity index is 2.92. The zero-order chi connectivity index (χ0) is 9.35. The van der Waals surface area contributed by atoms with Crippen molar-refractivity contribution in [3.05, 3.63) is 17.9 Å². The minimum atomic E-state index is -0.0886. The first kappa shape index (κ1) is 9.72. The van der Waals surface area contributed by atoms with E-state index in [2.05, 4.69) is 39.3 Å². The first-order valence-corrected chi connectivity index (χ1v) is 6.41. The van der Waals surface area contributed by atoms with Crippen LogP contribution in [-0.2, 0) is 5.41 Å². The van der Waals surface area contributed by atoms with Gasteiger partial charge in [0.25, 0.3) is 0 Å². The van der Waals surface area contributed by atoms with E-state index < -0.39 is 0 Å². The van der Waals surface area contributed by atoms with Crippen LogP contribution in [-0.4, -0.2) is 12.5 Å². The first-order valence-electron chi connectivity index (χ1n) is 4.17. The van der Waals surface area contributed by atoms with Gasteiger partial charge >= 0.3 is 0 Å². The summed E-state index contributed by atoms with van der Waals surface area (Å²) in [5.41, 5.74) is 1.52. The number of furan rings is 1. The van der Waals surface area contributed by atoms with Gasteiger partial charge in [-0.15, -0.1) is 0 Å². The van der Waals surface area contributed by atoms with Crippen LogP contribution in [0.1, 0.15) is 26.3 Å². The summed E-state index contributed by atoms with van der Waals surface area (Å²) in [5, 5.41) is 1.15. The smallest absolute Gasteiger partial charge is 0.140 e. The van der Waals surface area contributed by atoms with E-state index in [0.29, 0.717) is 0 Å². The largest absolute Gasteiger partial charge is 0.460 e. The molecule has 0 atom stereocenters. The van der Waals surface area contributed by atoms with Crippen LogP contribution < -0.4 is 0 Å². The lowest BCUT2D eigenvalue weighted by molar-refractivity contribution is 0.466. The molecular weight excluding hydrogens is 168 g/mol. The van der Waals surface area contributed by atoms with Gasteiger partial charge in [0.05, 0.1) is 6.26 Å². The third kappa shape index (κ3) is 2.07. The third-order valence-corrected chi connectivity index (χ3v) is 3.01. The van der Waals surface area contributed by atoms with Crippen LogP contribution >= 0.6 is 10.9 Å². The van der Waals surface area contributed by atoms with Crippen LogP contribution in [0.15, 0.2) is 21.8 Å². The molecule has 0 aromatic carbocycles. The quantitative estimate of drug-likeness (QED) is 0.665. The molecule has 0 saturated carbocycles. The molecule has 0 fully saturated rings. The minimum Gasteiger partial charge on any atom is -0.460 e. The molecule has 0 aliphatic rings. The molecule has 0 radical (unpaired) electrons. The van der Waals surface area contributed by atoms with Crippen LogP contribution in [0.5, 0.6) is 0 Å². The summed E-state index contributed by atoms with van der Waals surface area (Å²) in [7, 11) is -0.0886. The fraction of sp³-hybridized carbons (Fsp3) is 0.600. The Bertz CT molecular complexity index is 255. The highest BCUT2D eigenvalue weighted by Gasteiger charge is 2.16. The molecule has 1 heterocycles. The topological polar surface area (TPSA) is 13.1 Å². The Kier molecular flexibility index (Phi) is 2.57. The third-order valence-electron chi connectivity index (χ3n) is 1.89. The second-order valence-electron chi connectivity index (χ2n) is 4.32. The summed E-state index contributed by atoms with van der Waals surface area (Å²) < 4.78 is 5.48. The second kappa shape index (κ2) is 3.17. The fourth-order valence-electron chi connectivity index (χ4n) is 0.953. The van der Waals surface area contributed by atoms with Gasteiger partial charge in [-0.2, -0.15) is 0 Å². The monoisotopic (exact) mass is 186 g/mol. The molecule has 0 aliphatic carbocycles. The molecule has 0 spiro atoms. The lowest BCUT2D eigenvalue weighted by Crippen LogP contribution is -2.08.